The zero-order valence-electron chi connectivity index (χ0n) is 16.5. The molecule has 1 aliphatic heterocycles. The molecule has 0 N–H and O–H groups in total. The Morgan fingerprint density at radius 2 is 1.79 bits per heavy atom. The van der Waals surface area contributed by atoms with Gasteiger partial charge in [-0.15, -0.1) is 0 Å². The minimum absolute atomic E-state index is 0.0663. The quantitative estimate of drug-likeness (QED) is 0.662. The standard InChI is InChI=1S/C22H26N4OS/c1-17(27)24(2)20-9-5-3-7-18(20)11-12-25-13-15-26(16-14-25)22-19-8-4-6-10-21(19)28-23-22/h3-10H,11-16H2,1-2H3. The molecule has 4 rings (SSSR count). The Kier molecular flexibility index (Phi) is 5.59. The second-order valence-corrected chi connectivity index (χ2v) is 8.09. The van der Waals surface area contributed by atoms with E-state index in [1.54, 1.807) is 23.4 Å². The van der Waals surface area contributed by atoms with Gasteiger partial charge in [0.05, 0.1) is 4.70 Å². The van der Waals surface area contributed by atoms with E-state index in [1.807, 2.05) is 19.2 Å². The van der Waals surface area contributed by atoms with E-state index in [1.165, 1.54) is 15.6 Å². The molecule has 0 unspecified atom stereocenters. The second-order valence-electron chi connectivity index (χ2n) is 7.29. The first-order valence-corrected chi connectivity index (χ1v) is 10.5. The first kappa shape index (κ1) is 18.9. The number of anilines is 2. The van der Waals surface area contributed by atoms with Crippen LogP contribution >= 0.6 is 11.5 Å². The summed E-state index contributed by atoms with van der Waals surface area (Å²) in [4.78, 5) is 18.4. The number of piperazine rings is 1. The normalized spacial score (nSPS) is 15.1. The van der Waals surface area contributed by atoms with Gasteiger partial charge in [0.15, 0.2) is 0 Å². The van der Waals surface area contributed by atoms with Gasteiger partial charge in [0.1, 0.15) is 5.82 Å². The molecule has 1 fully saturated rings. The summed E-state index contributed by atoms with van der Waals surface area (Å²) in [5.41, 5.74) is 2.25. The van der Waals surface area contributed by atoms with Crippen molar-refractivity contribution in [2.75, 3.05) is 49.6 Å². The molecular formula is C22H26N4OS. The van der Waals surface area contributed by atoms with Crippen LogP contribution in [0.3, 0.4) is 0 Å². The highest BCUT2D eigenvalue weighted by molar-refractivity contribution is 7.13. The molecule has 1 aliphatic rings. The molecule has 0 atom stereocenters. The number of nitrogens with zero attached hydrogens (tertiary/aromatic N) is 4. The zero-order valence-corrected chi connectivity index (χ0v) is 17.3. The fourth-order valence-electron chi connectivity index (χ4n) is 3.78. The van der Waals surface area contributed by atoms with Gasteiger partial charge >= 0.3 is 0 Å². The molecule has 2 aromatic carbocycles. The third-order valence-corrected chi connectivity index (χ3v) is 6.37. The summed E-state index contributed by atoms with van der Waals surface area (Å²) >= 11 is 1.59. The van der Waals surface area contributed by atoms with Gasteiger partial charge in [-0.2, -0.15) is 4.37 Å². The monoisotopic (exact) mass is 394 g/mol. The first-order chi connectivity index (χ1) is 13.6. The highest BCUT2D eigenvalue weighted by Gasteiger charge is 2.21. The number of hydrogen-bond donors (Lipinski definition) is 0. The Labute approximate surface area is 170 Å². The van der Waals surface area contributed by atoms with E-state index in [-0.39, 0.29) is 5.91 Å². The van der Waals surface area contributed by atoms with E-state index >= 15 is 0 Å². The molecule has 0 bridgehead atoms. The number of hydrogen-bond acceptors (Lipinski definition) is 5. The predicted octanol–water partition coefficient (Wildman–Crippen LogP) is 3.64. The van der Waals surface area contributed by atoms with Gasteiger partial charge in [0.25, 0.3) is 0 Å². The number of carbonyl (C=O) groups excluding carboxylic acids is 1. The van der Waals surface area contributed by atoms with Crippen molar-refractivity contribution in [3.05, 3.63) is 54.1 Å². The van der Waals surface area contributed by atoms with Gasteiger partial charge < -0.3 is 9.80 Å². The number of fused-ring (bicyclic) bond motifs is 1. The Morgan fingerprint density at radius 1 is 1.07 bits per heavy atom. The van der Waals surface area contributed by atoms with E-state index in [0.717, 1.165) is 50.6 Å². The summed E-state index contributed by atoms with van der Waals surface area (Å²) in [7, 11) is 1.85. The van der Waals surface area contributed by atoms with Gasteiger partial charge in [0, 0.05) is 57.8 Å². The van der Waals surface area contributed by atoms with Crippen LogP contribution in [0.1, 0.15) is 12.5 Å². The van der Waals surface area contributed by atoms with Crippen molar-refractivity contribution in [1.29, 1.82) is 0 Å². The van der Waals surface area contributed by atoms with E-state index in [0.29, 0.717) is 0 Å². The van der Waals surface area contributed by atoms with Gasteiger partial charge in [-0.1, -0.05) is 30.3 Å². The zero-order chi connectivity index (χ0) is 19.5. The van der Waals surface area contributed by atoms with Gasteiger partial charge in [-0.3, -0.25) is 9.69 Å². The van der Waals surface area contributed by atoms with Crippen LogP contribution in [0.25, 0.3) is 10.1 Å². The molecule has 0 spiro atoms. The third kappa shape index (κ3) is 3.88. The van der Waals surface area contributed by atoms with Crippen LogP contribution in [0.4, 0.5) is 11.5 Å². The maximum Gasteiger partial charge on any atom is 0.223 e. The lowest BCUT2D eigenvalue weighted by Crippen LogP contribution is -2.47. The summed E-state index contributed by atoms with van der Waals surface area (Å²) in [6, 6.07) is 16.7. The van der Waals surface area contributed by atoms with Crippen LogP contribution in [0.15, 0.2) is 48.5 Å². The molecule has 0 aliphatic carbocycles. The Morgan fingerprint density at radius 3 is 2.57 bits per heavy atom. The lowest BCUT2D eigenvalue weighted by Gasteiger charge is -2.35. The van der Waals surface area contributed by atoms with Crippen molar-refractivity contribution in [3.8, 4) is 0 Å². The average molecular weight is 395 g/mol. The Balaban J connectivity index is 1.36. The molecule has 1 saturated heterocycles. The van der Waals surface area contributed by atoms with Gasteiger partial charge in [0.2, 0.25) is 5.91 Å². The number of amides is 1. The summed E-state index contributed by atoms with van der Waals surface area (Å²) < 4.78 is 5.95. The van der Waals surface area contributed by atoms with Crippen LogP contribution < -0.4 is 9.80 Å². The minimum atomic E-state index is 0.0663. The summed E-state index contributed by atoms with van der Waals surface area (Å²) in [6.07, 6.45) is 0.952. The van der Waals surface area contributed by atoms with E-state index in [4.69, 9.17) is 4.37 Å². The topological polar surface area (TPSA) is 39.7 Å². The minimum Gasteiger partial charge on any atom is -0.353 e. The Bertz CT molecular complexity index is 962. The number of para-hydroxylation sites is 1. The first-order valence-electron chi connectivity index (χ1n) is 9.77. The second kappa shape index (κ2) is 8.29. The van der Waals surface area contributed by atoms with Crippen molar-refractivity contribution < 1.29 is 4.79 Å². The maximum atomic E-state index is 11.7. The highest BCUT2D eigenvalue weighted by atomic mass is 32.1. The van der Waals surface area contributed by atoms with Crippen LogP contribution in [-0.4, -0.2) is 55.0 Å². The van der Waals surface area contributed by atoms with Crippen molar-refractivity contribution in [2.45, 2.75) is 13.3 Å². The van der Waals surface area contributed by atoms with E-state index in [9.17, 15) is 4.79 Å². The molecule has 3 aromatic rings. The molecule has 2 heterocycles. The van der Waals surface area contributed by atoms with Crippen molar-refractivity contribution in [3.63, 3.8) is 0 Å². The van der Waals surface area contributed by atoms with Crippen molar-refractivity contribution in [2.24, 2.45) is 0 Å². The fourth-order valence-corrected chi connectivity index (χ4v) is 4.58. The van der Waals surface area contributed by atoms with Crippen LogP contribution in [0, 0.1) is 0 Å². The largest absolute Gasteiger partial charge is 0.353 e. The summed E-state index contributed by atoms with van der Waals surface area (Å²) in [5.74, 6) is 1.20. The summed E-state index contributed by atoms with van der Waals surface area (Å²) in [6.45, 7) is 6.70. The molecule has 146 valence electrons. The highest BCUT2D eigenvalue weighted by Crippen LogP contribution is 2.30. The van der Waals surface area contributed by atoms with E-state index in [2.05, 4.69) is 46.2 Å². The molecule has 0 saturated carbocycles. The molecule has 1 amide bonds. The molecule has 28 heavy (non-hydrogen) atoms. The summed E-state index contributed by atoms with van der Waals surface area (Å²) in [5, 5.41) is 1.27. The molecule has 1 aromatic heterocycles. The molecule has 6 heteroatoms. The lowest BCUT2D eigenvalue weighted by molar-refractivity contribution is -0.116. The smallest absolute Gasteiger partial charge is 0.223 e. The molecule has 5 nitrogen and oxygen atoms in total. The number of benzene rings is 2. The molecule has 0 radical (unpaired) electrons. The van der Waals surface area contributed by atoms with Gasteiger partial charge in [-0.05, 0) is 41.7 Å². The Hall–Kier alpha value is -2.44. The number of rotatable bonds is 5. The predicted molar refractivity (Wildman–Crippen MR) is 118 cm³/mol. The van der Waals surface area contributed by atoms with Crippen molar-refractivity contribution >= 4 is 39.0 Å². The maximum absolute atomic E-state index is 11.7. The third-order valence-electron chi connectivity index (χ3n) is 5.55. The van der Waals surface area contributed by atoms with Gasteiger partial charge in [-0.25, -0.2) is 0 Å². The number of carbonyl (C=O) groups is 1. The van der Waals surface area contributed by atoms with Crippen LogP contribution in [-0.2, 0) is 11.2 Å². The average Bonchev–Trinajstić information content (AvgIpc) is 3.16. The SMILES string of the molecule is CC(=O)N(C)c1ccccc1CCN1CCN(c2nsc3ccccc23)CC1. The lowest BCUT2D eigenvalue weighted by atomic mass is 10.1. The molecular weight excluding hydrogens is 368 g/mol. The fraction of sp³-hybridized carbons (Fsp3) is 0.364. The van der Waals surface area contributed by atoms with Crippen LogP contribution in [0.2, 0.25) is 0 Å². The van der Waals surface area contributed by atoms with Crippen molar-refractivity contribution in [1.82, 2.24) is 9.27 Å². The number of aromatic nitrogens is 1. The van der Waals surface area contributed by atoms with E-state index < -0.39 is 0 Å². The van der Waals surface area contributed by atoms with Crippen LogP contribution in [0.5, 0.6) is 0 Å².